The lowest BCUT2D eigenvalue weighted by Gasteiger charge is -1.98. The molecule has 30 heavy (non-hydrogen) atoms. The van der Waals surface area contributed by atoms with Crippen LogP contribution in [0.2, 0.25) is 0 Å². The number of aliphatic imine (C=N–C) groups is 1. The number of carbonyl (C=O) groups is 1. The monoisotopic (exact) mass is 393 g/mol. The van der Waals surface area contributed by atoms with Crippen molar-refractivity contribution in [2.75, 3.05) is 0 Å². The van der Waals surface area contributed by atoms with Crippen molar-refractivity contribution < 1.29 is 13.9 Å². The molecule has 0 fully saturated rings. The van der Waals surface area contributed by atoms with Gasteiger partial charge in [-0.25, -0.2) is 9.79 Å². The second-order valence-corrected chi connectivity index (χ2v) is 6.60. The van der Waals surface area contributed by atoms with Crippen LogP contribution in [-0.2, 0) is 9.53 Å². The van der Waals surface area contributed by atoms with Crippen LogP contribution in [0.5, 0.6) is 0 Å². The third-order valence-corrected chi connectivity index (χ3v) is 4.55. The first-order chi connectivity index (χ1) is 14.8. The van der Waals surface area contributed by atoms with Gasteiger partial charge in [0.25, 0.3) is 0 Å². The van der Waals surface area contributed by atoms with Crippen LogP contribution in [0, 0.1) is 0 Å². The standard InChI is InChI=1S/C24H15N3O3/c28-24-20(25-21(30-24)17-7-3-1-4-8-17)15-16-11-13-19(14-12-16)23-27-26-22(29-23)18-9-5-2-6-10-18/h1-15H/b20-15+. The molecule has 1 aliphatic rings. The molecule has 0 N–H and O–H groups in total. The quantitative estimate of drug-likeness (QED) is 0.369. The molecular formula is C24H15N3O3. The Morgan fingerprint density at radius 2 is 1.23 bits per heavy atom. The molecule has 0 bridgehead atoms. The molecule has 1 aromatic heterocycles. The topological polar surface area (TPSA) is 77.6 Å². The first kappa shape index (κ1) is 17.8. The van der Waals surface area contributed by atoms with Gasteiger partial charge in [0.15, 0.2) is 5.70 Å². The molecule has 0 amide bonds. The first-order valence-corrected chi connectivity index (χ1v) is 9.34. The van der Waals surface area contributed by atoms with Crippen LogP contribution in [-0.4, -0.2) is 22.1 Å². The smallest absolute Gasteiger partial charge is 0.363 e. The molecule has 4 aromatic rings. The Labute approximate surface area is 172 Å². The van der Waals surface area contributed by atoms with Gasteiger partial charge in [-0.3, -0.25) is 0 Å². The van der Waals surface area contributed by atoms with Crippen molar-refractivity contribution in [2.24, 2.45) is 4.99 Å². The summed E-state index contributed by atoms with van der Waals surface area (Å²) in [4.78, 5) is 16.5. The van der Waals surface area contributed by atoms with E-state index < -0.39 is 5.97 Å². The number of aromatic nitrogens is 2. The molecule has 6 nitrogen and oxygen atoms in total. The number of hydrogen-bond donors (Lipinski definition) is 0. The Hall–Kier alpha value is -4.32. The third kappa shape index (κ3) is 3.54. The normalized spacial score (nSPS) is 14.6. The molecule has 0 spiro atoms. The van der Waals surface area contributed by atoms with Gasteiger partial charge in [-0.15, -0.1) is 10.2 Å². The molecule has 0 atom stereocenters. The maximum Gasteiger partial charge on any atom is 0.363 e. The predicted octanol–water partition coefficient (Wildman–Crippen LogP) is 4.75. The second kappa shape index (κ2) is 7.60. The molecular weight excluding hydrogens is 378 g/mol. The maximum absolute atomic E-state index is 12.1. The van der Waals surface area contributed by atoms with Gasteiger partial charge in [-0.05, 0) is 48.0 Å². The van der Waals surface area contributed by atoms with Crippen molar-refractivity contribution in [2.45, 2.75) is 0 Å². The Balaban J connectivity index is 1.37. The van der Waals surface area contributed by atoms with Crippen molar-refractivity contribution in [1.82, 2.24) is 10.2 Å². The van der Waals surface area contributed by atoms with E-state index in [1.165, 1.54) is 0 Å². The van der Waals surface area contributed by atoms with Gasteiger partial charge in [0.05, 0.1) is 0 Å². The van der Waals surface area contributed by atoms with Gasteiger partial charge in [-0.2, -0.15) is 0 Å². The molecule has 6 heteroatoms. The SMILES string of the molecule is O=C1OC(c2ccccc2)=N/C1=C/c1ccc(-c2nnc(-c3ccccc3)o2)cc1. The third-order valence-electron chi connectivity index (χ3n) is 4.55. The van der Waals surface area contributed by atoms with Crippen LogP contribution < -0.4 is 0 Å². The molecule has 0 unspecified atom stereocenters. The molecule has 0 saturated carbocycles. The number of rotatable bonds is 4. The highest BCUT2D eigenvalue weighted by Crippen LogP contribution is 2.25. The van der Waals surface area contributed by atoms with E-state index in [0.717, 1.165) is 22.3 Å². The lowest BCUT2D eigenvalue weighted by Crippen LogP contribution is -2.04. The van der Waals surface area contributed by atoms with Crippen molar-refractivity contribution in [3.63, 3.8) is 0 Å². The minimum Gasteiger partial charge on any atom is -0.416 e. The number of benzene rings is 3. The predicted molar refractivity (Wildman–Crippen MR) is 112 cm³/mol. The van der Waals surface area contributed by atoms with E-state index in [1.807, 2.05) is 84.9 Å². The Morgan fingerprint density at radius 1 is 0.667 bits per heavy atom. The van der Waals surface area contributed by atoms with Crippen LogP contribution in [0.4, 0.5) is 0 Å². The summed E-state index contributed by atoms with van der Waals surface area (Å²) in [6, 6.07) is 26.4. The summed E-state index contributed by atoms with van der Waals surface area (Å²) in [5, 5.41) is 8.23. The molecule has 0 saturated heterocycles. The van der Waals surface area contributed by atoms with E-state index in [4.69, 9.17) is 9.15 Å². The number of cyclic esters (lactones) is 1. The zero-order valence-electron chi connectivity index (χ0n) is 15.7. The number of esters is 1. The highest BCUT2D eigenvalue weighted by atomic mass is 16.6. The molecule has 3 aromatic carbocycles. The number of nitrogens with zero attached hydrogens (tertiary/aromatic N) is 3. The lowest BCUT2D eigenvalue weighted by molar-refractivity contribution is -0.129. The molecule has 0 aliphatic carbocycles. The molecule has 0 radical (unpaired) electrons. The fraction of sp³-hybridized carbons (Fsp3) is 0. The fourth-order valence-electron chi connectivity index (χ4n) is 3.03. The summed E-state index contributed by atoms with van der Waals surface area (Å²) in [5.74, 6) is 0.732. The fourth-order valence-corrected chi connectivity index (χ4v) is 3.03. The lowest BCUT2D eigenvalue weighted by atomic mass is 10.1. The average Bonchev–Trinajstić information content (AvgIpc) is 3.43. The number of hydrogen-bond acceptors (Lipinski definition) is 6. The Morgan fingerprint density at radius 3 is 1.87 bits per heavy atom. The van der Waals surface area contributed by atoms with Crippen LogP contribution in [0.1, 0.15) is 11.1 Å². The Bertz CT molecular complexity index is 1260. The highest BCUT2D eigenvalue weighted by Gasteiger charge is 2.23. The summed E-state index contributed by atoms with van der Waals surface area (Å²) in [6.07, 6.45) is 1.69. The van der Waals surface area contributed by atoms with Crippen molar-refractivity contribution in [1.29, 1.82) is 0 Å². The minimum atomic E-state index is -0.470. The zero-order valence-corrected chi connectivity index (χ0v) is 15.7. The van der Waals surface area contributed by atoms with E-state index in [9.17, 15) is 4.79 Å². The van der Waals surface area contributed by atoms with E-state index >= 15 is 0 Å². The number of ether oxygens (including phenoxy) is 1. The van der Waals surface area contributed by atoms with Crippen LogP contribution >= 0.6 is 0 Å². The van der Waals surface area contributed by atoms with Gasteiger partial charge in [0.1, 0.15) is 0 Å². The van der Waals surface area contributed by atoms with Gasteiger partial charge in [-0.1, -0.05) is 48.5 Å². The average molecular weight is 393 g/mol. The van der Waals surface area contributed by atoms with E-state index in [0.29, 0.717) is 17.7 Å². The van der Waals surface area contributed by atoms with E-state index in [-0.39, 0.29) is 5.70 Å². The summed E-state index contributed by atoms with van der Waals surface area (Å²) < 4.78 is 11.1. The largest absolute Gasteiger partial charge is 0.416 e. The minimum absolute atomic E-state index is 0.255. The molecule has 2 heterocycles. The summed E-state index contributed by atoms with van der Waals surface area (Å²) in [7, 11) is 0. The van der Waals surface area contributed by atoms with Gasteiger partial charge < -0.3 is 9.15 Å². The molecule has 5 rings (SSSR count). The maximum atomic E-state index is 12.1. The van der Waals surface area contributed by atoms with Gasteiger partial charge in [0, 0.05) is 16.7 Å². The second-order valence-electron chi connectivity index (χ2n) is 6.60. The van der Waals surface area contributed by atoms with Crippen molar-refractivity contribution in [3.8, 4) is 22.9 Å². The summed E-state index contributed by atoms with van der Waals surface area (Å²) >= 11 is 0. The molecule has 144 valence electrons. The zero-order chi connectivity index (χ0) is 20.3. The summed E-state index contributed by atoms with van der Waals surface area (Å²) in [5.41, 5.74) is 3.48. The highest BCUT2D eigenvalue weighted by molar-refractivity contribution is 6.12. The van der Waals surface area contributed by atoms with Crippen LogP contribution in [0.3, 0.4) is 0 Å². The summed E-state index contributed by atoms with van der Waals surface area (Å²) in [6.45, 7) is 0. The van der Waals surface area contributed by atoms with Crippen molar-refractivity contribution in [3.05, 3.63) is 102 Å². The van der Waals surface area contributed by atoms with Crippen LogP contribution in [0.25, 0.3) is 29.0 Å². The van der Waals surface area contributed by atoms with Crippen molar-refractivity contribution >= 4 is 17.9 Å². The van der Waals surface area contributed by atoms with Crippen LogP contribution in [0.15, 0.2) is 100 Å². The number of carbonyl (C=O) groups excluding carboxylic acids is 1. The first-order valence-electron chi connectivity index (χ1n) is 9.34. The van der Waals surface area contributed by atoms with E-state index in [2.05, 4.69) is 15.2 Å². The molecule has 1 aliphatic heterocycles. The van der Waals surface area contributed by atoms with Gasteiger partial charge in [0.2, 0.25) is 17.7 Å². The Kier molecular flexibility index (Phi) is 4.50. The van der Waals surface area contributed by atoms with E-state index in [1.54, 1.807) is 6.08 Å². The van der Waals surface area contributed by atoms with Gasteiger partial charge >= 0.3 is 5.97 Å².